The molecule has 0 saturated heterocycles. The monoisotopic (exact) mass is 427 g/mol. The summed E-state index contributed by atoms with van der Waals surface area (Å²) in [6.45, 7) is 0. The van der Waals surface area contributed by atoms with Crippen molar-refractivity contribution in [3.63, 3.8) is 0 Å². The summed E-state index contributed by atoms with van der Waals surface area (Å²) in [6.07, 6.45) is 3.69. The molecule has 2 aromatic carbocycles. The predicted molar refractivity (Wildman–Crippen MR) is 115 cm³/mol. The summed E-state index contributed by atoms with van der Waals surface area (Å²) in [5, 5.41) is 2.87. The van der Waals surface area contributed by atoms with Gasteiger partial charge in [0.1, 0.15) is 5.35 Å². The van der Waals surface area contributed by atoms with E-state index >= 15 is 0 Å². The van der Waals surface area contributed by atoms with Crippen molar-refractivity contribution in [2.24, 2.45) is 4.99 Å². The molecule has 1 atom stereocenters. The predicted octanol–water partition coefficient (Wildman–Crippen LogP) is 4.17. The van der Waals surface area contributed by atoms with Crippen molar-refractivity contribution in [1.29, 1.82) is 0 Å². The summed E-state index contributed by atoms with van der Waals surface area (Å²) < 4.78 is 0. The van der Waals surface area contributed by atoms with Crippen LogP contribution < -0.4 is 15.6 Å². The molecule has 0 spiro atoms. The molecule has 4 rings (SSSR count). The van der Waals surface area contributed by atoms with Crippen LogP contribution in [-0.4, -0.2) is 22.0 Å². The van der Waals surface area contributed by atoms with Crippen molar-refractivity contribution in [1.82, 2.24) is 4.98 Å². The van der Waals surface area contributed by atoms with Crippen LogP contribution in [0.5, 0.6) is 0 Å². The number of hydrogen-bond acceptors (Lipinski definition) is 5. The van der Waals surface area contributed by atoms with Gasteiger partial charge in [-0.1, -0.05) is 23.2 Å². The maximum Gasteiger partial charge on any atom is 0.174 e. The van der Waals surface area contributed by atoms with Gasteiger partial charge in [-0.05, 0) is 60.7 Å². The third-order valence-corrected chi connectivity index (χ3v) is 5.78. The molecule has 28 heavy (non-hydrogen) atoms. The topological polar surface area (TPSA) is 45.6 Å². The third-order valence-electron chi connectivity index (χ3n) is 4.22. The minimum atomic E-state index is -0.283. The molecule has 4 nitrogen and oxygen atoms in total. The number of rotatable bonds is 5. The Kier molecular flexibility index (Phi) is 5.67. The summed E-state index contributed by atoms with van der Waals surface area (Å²) in [5.41, 5.74) is 1.28. The second-order valence-corrected chi connectivity index (χ2v) is 8.03. The third kappa shape index (κ3) is 4.22. The number of ketones is 1. The molecule has 2 heterocycles. The molecule has 0 fully saturated rings. The molecule has 1 aromatic heterocycles. The quantitative estimate of drug-likeness (QED) is 0.573. The Balaban J connectivity index is 1.60. The summed E-state index contributed by atoms with van der Waals surface area (Å²) in [6, 6.07) is 18.2. The van der Waals surface area contributed by atoms with E-state index in [1.807, 2.05) is 47.5 Å². The Morgan fingerprint density at radius 3 is 2.39 bits per heavy atom. The first-order valence-electron chi connectivity index (χ1n) is 8.55. The van der Waals surface area contributed by atoms with Crippen LogP contribution in [0.4, 0.5) is 5.69 Å². The van der Waals surface area contributed by atoms with E-state index in [0.717, 1.165) is 16.4 Å². The lowest BCUT2D eigenvalue weighted by Gasteiger charge is -2.29. The van der Waals surface area contributed by atoms with Crippen LogP contribution in [-0.2, 0) is 0 Å². The van der Waals surface area contributed by atoms with Crippen LogP contribution in [0.15, 0.2) is 71.9 Å². The van der Waals surface area contributed by atoms with Crippen LogP contribution in [0.25, 0.3) is 6.20 Å². The fourth-order valence-electron chi connectivity index (χ4n) is 2.80. The van der Waals surface area contributed by atoms with E-state index in [2.05, 4.69) is 4.98 Å². The van der Waals surface area contributed by atoms with Crippen LogP contribution in [0, 0.1) is 0 Å². The summed E-state index contributed by atoms with van der Waals surface area (Å²) in [4.78, 5) is 23.8. The number of anilines is 1. The second-order valence-electron chi connectivity index (χ2n) is 6.12. The van der Waals surface area contributed by atoms with Gasteiger partial charge in [-0.2, -0.15) is 0 Å². The van der Waals surface area contributed by atoms with Gasteiger partial charge in [0, 0.05) is 33.7 Å². The second kappa shape index (κ2) is 8.35. The average molecular weight is 428 g/mol. The van der Waals surface area contributed by atoms with Gasteiger partial charge < -0.3 is 4.90 Å². The number of aromatic nitrogens is 1. The van der Waals surface area contributed by atoms with Gasteiger partial charge in [0.15, 0.2) is 11.3 Å². The lowest BCUT2D eigenvalue weighted by Crippen LogP contribution is -2.42. The van der Waals surface area contributed by atoms with E-state index in [9.17, 15) is 4.79 Å². The Bertz CT molecular complexity index is 1120. The van der Waals surface area contributed by atoms with Crippen molar-refractivity contribution in [3.8, 4) is 0 Å². The van der Waals surface area contributed by atoms with Gasteiger partial charge in [-0.25, -0.2) is 4.99 Å². The Morgan fingerprint density at radius 2 is 1.68 bits per heavy atom. The van der Waals surface area contributed by atoms with Crippen molar-refractivity contribution in [2.45, 2.75) is 5.50 Å². The van der Waals surface area contributed by atoms with Crippen molar-refractivity contribution in [3.05, 3.63) is 93.2 Å². The van der Waals surface area contributed by atoms with E-state index in [0.29, 0.717) is 21.4 Å². The molecule has 1 aliphatic rings. The minimum Gasteiger partial charge on any atom is -0.315 e. The Labute approximate surface area is 176 Å². The highest BCUT2D eigenvalue weighted by molar-refractivity contribution is 8.00. The summed E-state index contributed by atoms with van der Waals surface area (Å²) in [5.74, 6) is 0.327. The van der Waals surface area contributed by atoms with Crippen LogP contribution >= 0.6 is 35.0 Å². The van der Waals surface area contributed by atoms with Gasteiger partial charge in [0.05, 0.1) is 11.1 Å². The number of carbonyl (C=O) groups is 1. The molecule has 0 bridgehead atoms. The first-order chi connectivity index (χ1) is 13.6. The van der Waals surface area contributed by atoms with E-state index in [1.165, 1.54) is 11.8 Å². The molecule has 1 unspecified atom stereocenters. The molecule has 0 amide bonds. The number of nitrogens with zero attached hydrogens (tertiary/aromatic N) is 3. The highest BCUT2D eigenvalue weighted by Gasteiger charge is 2.21. The van der Waals surface area contributed by atoms with Crippen LogP contribution in [0.1, 0.15) is 10.4 Å². The molecule has 140 valence electrons. The molecular weight excluding hydrogens is 413 g/mol. The zero-order chi connectivity index (χ0) is 19.5. The number of Topliss-reactive ketones (excluding diaryl/α,β-unsaturated/α-hetero) is 1. The fraction of sp³-hybridized carbons (Fsp3) is 0.0952. The molecule has 7 heteroatoms. The maximum atomic E-state index is 12.6. The maximum absolute atomic E-state index is 12.6. The normalized spacial score (nSPS) is 15.4. The highest BCUT2D eigenvalue weighted by Crippen LogP contribution is 2.27. The van der Waals surface area contributed by atoms with Gasteiger partial charge >= 0.3 is 0 Å². The largest absolute Gasteiger partial charge is 0.315 e. The number of thioether (sulfide) groups is 1. The van der Waals surface area contributed by atoms with Crippen LogP contribution in [0.2, 0.25) is 10.0 Å². The number of halogens is 2. The zero-order valence-electron chi connectivity index (χ0n) is 14.6. The summed E-state index contributed by atoms with van der Waals surface area (Å²) in [7, 11) is 0. The van der Waals surface area contributed by atoms with Gasteiger partial charge in [-0.3, -0.25) is 9.78 Å². The van der Waals surface area contributed by atoms with E-state index < -0.39 is 0 Å². The lowest BCUT2D eigenvalue weighted by molar-refractivity contribution is 0.102. The molecular formula is C21H15Cl2N3OS. The van der Waals surface area contributed by atoms with Crippen molar-refractivity contribution in [2.75, 3.05) is 10.7 Å². The Morgan fingerprint density at radius 1 is 1.00 bits per heavy atom. The average Bonchev–Trinajstić information content (AvgIpc) is 2.72. The summed E-state index contributed by atoms with van der Waals surface area (Å²) >= 11 is 13.4. The minimum absolute atomic E-state index is 0.0323. The fourth-order valence-corrected chi connectivity index (χ4v) is 4.05. The van der Waals surface area contributed by atoms with Crippen LogP contribution in [0.3, 0.4) is 0 Å². The van der Waals surface area contributed by atoms with E-state index in [4.69, 9.17) is 28.2 Å². The van der Waals surface area contributed by atoms with Gasteiger partial charge in [0.2, 0.25) is 0 Å². The molecule has 0 radical (unpaired) electrons. The lowest BCUT2D eigenvalue weighted by atomic mass is 10.1. The van der Waals surface area contributed by atoms with E-state index in [1.54, 1.807) is 30.5 Å². The molecule has 0 saturated carbocycles. The highest BCUT2D eigenvalue weighted by atomic mass is 35.5. The smallest absolute Gasteiger partial charge is 0.174 e. The molecule has 0 aliphatic carbocycles. The molecule has 1 aliphatic heterocycles. The first kappa shape index (κ1) is 19.0. The number of pyridine rings is 1. The molecule has 0 N–H and O–H groups in total. The Hall–Kier alpha value is -2.34. The first-order valence-corrected chi connectivity index (χ1v) is 10.4. The standard InChI is InChI=1S/C21H15Cl2N3OS/c22-15-5-3-14(4-6-15)20(27)13-28-21-25-18-2-1-11-24-19(18)12-26(21)17-9-7-16(23)8-10-17/h1-12,21H,13H2. The van der Waals surface area contributed by atoms with Crippen molar-refractivity contribution >= 4 is 52.6 Å². The van der Waals surface area contributed by atoms with Crippen molar-refractivity contribution < 1.29 is 4.79 Å². The number of benzene rings is 2. The molecule has 3 aromatic rings. The van der Waals surface area contributed by atoms with Gasteiger partial charge in [-0.15, -0.1) is 11.8 Å². The number of fused-ring (bicyclic) bond motifs is 1. The number of carbonyl (C=O) groups excluding carboxylic acids is 1. The van der Waals surface area contributed by atoms with E-state index in [-0.39, 0.29) is 11.3 Å². The SMILES string of the molecule is O=C(CSC1N=c2cccnc2=CN1c1ccc(Cl)cc1)c1ccc(Cl)cc1. The zero-order valence-corrected chi connectivity index (χ0v) is 17.0. The number of hydrogen-bond donors (Lipinski definition) is 0. The van der Waals surface area contributed by atoms with Gasteiger partial charge in [0.25, 0.3) is 0 Å².